The number of rotatable bonds is 9. The van der Waals surface area contributed by atoms with E-state index >= 15 is 0 Å². The summed E-state index contributed by atoms with van der Waals surface area (Å²) in [5.41, 5.74) is 11.3. The molecule has 0 fully saturated rings. The van der Waals surface area contributed by atoms with E-state index in [9.17, 15) is 87.8 Å². The third-order valence-electron chi connectivity index (χ3n) is 16.2. The molecule has 112 heavy (non-hydrogen) atoms. The number of hydrogen-bond acceptors (Lipinski definition) is 7. The number of hydrogen-bond donors (Lipinski definition) is 4. The van der Waals surface area contributed by atoms with Crippen LogP contribution in [-0.4, -0.2) is 48.9 Å². The second kappa shape index (κ2) is 40.3. The zero-order valence-electron chi connectivity index (χ0n) is 58.0. The molecule has 4 N–H and O–H groups in total. The first kappa shape index (κ1) is 88.4. The van der Waals surface area contributed by atoms with Gasteiger partial charge in [0.25, 0.3) is 0 Å². The molecule has 0 unspecified atom stereocenters. The average molecular weight is 1580 g/mol. The van der Waals surface area contributed by atoms with Crippen LogP contribution in [0, 0.1) is 116 Å². The summed E-state index contributed by atoms with van der Waals surface area (Å²) in [5.74, 6) is -51.8. The molecule has 0 aliphatic rings. The zero-order valence-corrected chi connectivity index (χ0v) is 58.0. The fourth-order valence-corrected chi connectivity index (χ4v) is 10.3. The molecule has 13 rings (SSSR count). The lowest BCUT2D eigenvalue weighted by molar-refractivity contribution is -0.479. The minimum Gasteiger partial charge on any atom is -0.907 e. The van der Waals surface area contributed by atoms with Gasteiger partial charge in [0.1, 0.15) is 51.2 Å². The number of nitrogens with zero attached hydrogens (tertiary/aromatic N) is 3. The normalized spacial score (nSPS) is 10.7. The molecule has 582 valence electrons. The fourth-order valence-electron chi connectivity index (χ4n) is 10.3. The van der Waals surface area contributed by atoms with Crippen LogP contribution in [0.15, 0.2) is 273 Å². The summed E-state index contributed by atoms with van der Waals surface area (Å²) in [6, 6.07) is 95.5. The Labute approximate surface area is 626 Å². The van der Waals surface area contributed by atoms with Gasteiger partial charge >= 0.3 is 0 Å². The van der Waals surface area contributed by atoms with Crippen LogP contribution < -0.4 is 28.5 Å². The highest BCUT2D eigenvalue weighted by molar-refractivity contribution is 6.24. The largest absolute Gasteiger partial charge is 0.907 e. The first-order chi connectivity index (χ1) is 53.0. The zero-order chi connectivity index (χ0) is 82.9. The van der Waals surface area contributed by atoms with Crippen LogP contribution in [0.1, 0.15) is 0 Å². The quantitative estimate of drug-likeness (QED) is 0.0369. The van der Waals surface area contributed by atoms with Crippen molar-refractivity contribution in [1.82, 2.24) is 13.4 Å². The minimum atomic E-state index is -2.92. The summed E-state index contributed by atoms with van der Waals surface area (Å²) in [4.78, 5) is 0. The number of phenolic OH excluding ortho intramolecular Hbond substituents is 4. The van der Waals surface area contributed by atoms with Gasteiger partial charge in [-0.05, 0) is 109 Å². The predicted molar refractivity (Wildman–Crippen MR) is 376 cm³/mol. The molecular weight excluding hydrogens is 1520 g/mol. The van der Waals surface area contributed by atoms with Crippen molar-refractivity contribution in [3.63, 3.8) is 0 Å². The Kier molecular flexibility index (Phi) is 31.8. The van der Waals surface area contributed by atoms with Gasteiger partial charge < -0.3 is 35.5 Å². The maximum Gasteiger partial charge on any atom is 0.206 e. The summed E-state index contributed by atoms with van der Waals surface area (Å²) in [7, 11) is 3.79. The molecule has 31 heteroatoms. The molecule has 0 amide bonds. The van der Waals surface area contributed by atoms with E-state index in [0.29, 0.717) is 13.4 Å². The highest BCUT2D eigenvalue weighted by atomic mass is 19.2. The van der Waals surface area contributed by atoms with Crippen molar-refractivity contribution in [3.05, 3.63) is 389 Å². The lowest BCUT2D eigenvalue weighted by Crippen LogP contribution is -2.56. The predicted octanol–water partition coefficient (Wildman–Crippen LogP) is 20.3. The molecule has 0 aromatic heterocycles. The van der Waals surface area contributed by atoms with Gasteiger partial charge in [0.15, 0.2) is 23.0 Å². The lowest BCUT2D eigenvalue weighted by Gasteiger charge is -2.35. The van der Waals surface area contributed by atoms with Gasteiger partial charge in [0, 0.05) is 0 Å². The molecule has 10 nitrogen and oxygen atoms in total. The van der Waals surface area contributed by atoms with E-state index in [0.717, 1.165) is 0 Å². The molecule has 13 aromatic rings. The first-order valence-corrected chi connectivity index (χ1v) is 31.9. The van der Waals surface area contributed by atoms with Gasteiger partial charge in [-0.2, -0.15) is 35.1 Å². The average Bonchev–Trinajstić information content (AvgIpc) is 0.773. The molecule has 0 bridgehead atoms. The van der Waals surface area contributed by atoms with E-state index in [1.165, 1.54) is 51.2 Å². The van der Waals surface area contributed by atoms with E-state index in [-0.39, 0.29) is 0 Å². The number of para-hydroxylation sites is 9. The van der Waals surface area contributed by atoms with E-state index in [4.69, 9.17) is 35.5 Å². The van der Waals surface area contributed by atoms with Crippen LogP contribution in [0.2, 0.25) is 0 Å². The van der Waals surface area contributed by atoms with Crippen molar-refractivity contribution in [2.75, 3.05) is 21.1 Å². The number of halogens is 20. The number of benzene rings is 13. The molecule has 0 heterocycles. The van der Waals surface area contributed by atoms with Crippen LogP contribution in [-0.2, 0) is 0 Å². The monoisotopic (exact) mass is 1580 g/mol. The lowest BCUT2D eigenvalue weighted by atomic mass is 10.1. The van der Waals surface area contributed by atoms with Crippen molar-refractivity contribution >= 4 is 58.5 Å². The third-order valence-corrected chi connectivity index (χ3v) is 16.2. The van der Waals surface area contributed by atoms with Crippen LogP contribution in [0.5, 0.6) is 23.0 Å². The Morgan fingerprint density at radius 1 is 0.170 bits per heavy atom. The summed E-state index contributed by atoms with van der Waals surface area (Å²) < 4.78 is 245. The van der Waals surface area contributed by atoms with Crippen molar-refractivity contribution in [3.8, 4) is 23.0 Å². The molecule has 0 radical (unpaired) electrons. The maximum absolute atomic E-state index is 12.2. The summed E-state index contributed by atoms with van der Waals surface area (Å²) in [6.45, 7) is 0. The molecule has 0 saturated carbocycles. The SMILES string of the molecule is C[N+](c1ccccc1)(c1ccccc1)c1ccccc1.C[N+](c1ccccc1)(c1ccccc1)c1ccccc1.C[N+](c1ccccc1)(c1ccccc1)c1ccccc1.Oc1c(F)c(F)c(F)c(F)c1F.Oc1c(F)c(F)c(F)c(F)c1F.Oc1c(F)c(F)c(F)c(F)c1F.Oc1c(F)c(F)c(F)c(F)c1F.[O-]B([O-])[O-]. The molecule has 0 atom stereocenters. The second-order valence-corrected chi connectivity index (χ2v) is 23.0. The molecule has 0 spiro atoms. The van der Waals surface area contributed by atoms with Crippen LogP contribution in [0.4, 0.5) is 139 Å². The number of aromatic hydroxyl groups is 4. The Morgan fingerprint density at radius 2 is 0.241 bits per heavy atom. The smallest absolute Gasteiger partial charge is 0.206 e. The van der Waals surface area contributed by atoms with Gasteiger partial charge in [-0.15, -0.1) is 0 Å². The third kappa shape index (κ3) is 20.7. The van der Waals surface area contributed by atoms with E-state index < -0.39 is 147 Å². The Bertz CT molecular complexity index is 3920. The van der Waals surface area contributed by atoms with Crippen molar-refractivity contribution in [2.45, 2.75) is 0 Å². The summed E-state index contributed by atoms with van der Waals surface area (Å²) >= 11 is 0. The Balaban J connectivity index is 0.000000205. The topological polar surface area (TPSA) is 150 Å². The van der Waals surface area contributed by atoms with E-state index in [1.54, 1.807) is 0 Å². The van der Waals surface area contributed by atoms with Gasteiger partial charge in [-0.3, -0.25) is 7.32 Å². The molecule has 0 aliphatic heterocycles. The van der Waals surface area contributed by atoms with Crippen molar-refractivity contribution < 1.29 is 123 Å². The minimum absolute atomic E-state index is 0.669. The highest BCUT2D eigenvalue weighted by Crippen LogP contribution is 2.45. The summed E-state index contributed by atoms with van der Waals surface area (Å²) in [5, 5.41) is 58.4. The number of phenols is 4. The Hall–Kier alpha value is -12.5. The van der Waals surface area contributed by atoms with E-state index in [2.05, 4.69) is 294 Å². The first-order valence-electron chi connectivity index (χ1n) is 31.9. The van der Waals surface area contributed by atoms with Crippen LogP contribution in [0.25, 0.3) is 0 Å². The standard InChI is InChI=1S/3C19H18N.4C6HF5O.BO3/c3*1-20(17-11-5-2-6-12-17,18-13-7-3-8-14-18)19-15-9-4-10-16-19;4*7-1-2(8)4(10)6(12)5(11)3(1)9;2-1(3)4/h3*2-16H,1H3;4*12H;/q3*+1;;;;;-3. The molecule has 0 aliphatic carbocycles. The van der Waals surface area contributed by atoms with Crippen molar-refractivity contribution in [1.29, 1.82) is 0 Å². The van der Waals surface area contributed by atoms with E-state index in [1.807, 2.05) is 0 Å². The van der Waals surface area contributed by atoms with Crippen LogP contribution in [0.3, 0.4) is 0 Å². The number of quaternary nitrogens is 3. The second-order valence-electron chi connectivity index (χ2n) is 23.0. The molecule has 13 aromatic carbocycles. The fraction of sp³-hybridized carbons (Fsp3) is 0.0370. The summed E-state index contributed by atoms with van der Waals surface area (Å²) in [6.07, 6.45) is 0. The molecule has 0 saturated heterocycles. The van der Waals surface area contributed by atoms with Gasteiger partial charge in [-0.25, -0.2) is 66.1 Å². The maximum atomic E-state index is 12.2. The highest BCUT2D eigenvalue weighted by Gasteiger charge is 2.35. The van der Waals surface area contributed by atoms with Gasteiger partial charge in [-0.1, -0.05) is 164 Å². The van der Waals surface area contributed by atoms with Crippen LogP contribution >= 0.6 is 0 Å². The van der Waals surface area contributed by atoms with Gasteiger partial charge in [0.05, 0.1) is 21.1 Å². The Morgan fingerprint density at radius 3 is 0.321 bits per heavy atom. The van der Waals surface area contributed by atoms with Gasteiger partial charge in [0.2, 0.25) is 116 Å². The molecular formula is C81H58BF20N3O7. The van der Waals surface area contributed by atoms with Crippen molar-refractivity contribution in [2.24, 2.45) is 0 Å².